The average Bonchev–Trinajstić information content (AvgIpc) is 3.52. The van der Waals surface area contributed by atoms with E-state index in [1.165, 1.54) is 27.6 Å². The van der Waals surface area contributed by atoms with E-state index in [1.807, 2.05) is 19.1 Å². The highest BCUT2D eigenvalue weighted by Gasteiger charge is 2.14. The first kappa shape index (κ1) is 26.5. The summed E-state index contributed by atoms with van der Waals surface area (Å²) in [7, 11) is 2.06. The molecular formula is C32H37N5O2. The van der Waals surface area contributed by atoms with Gasteiger partial charge in [-0.1, -0.05) is 31.9 Å². The topological polar surface area (TPSA) is 98.0 Å². The fraction of sp³-hybridized carbons (Fsp3) is 0.312. The second-order valence-corrected chi connectivity index (χ2v) is 10.2. The Morgan fingerprint density at radius 1 is 1.05 bits per heavy atom. The number of hydrogen-bond acceptors (Lipinski definition) is 4. The minimum atomic E-state index is -0.0889. The molecule has 0 spiro atoms. The number of H-pyrrole nitrogens is 1. The molecule has 0 saturated heterocycles. The van der Waals surface area contributed by atoms with Gasteiger partial charge in [0.15, 0.2) is 0 Å². The fourth-order valence-corrected chi connectivity index (χ4v) is 5.08. The van der Waals surface area contributed by atoms with Gasteiger partial charge >= 0.3 is 0 Å². The number of unbranched alkanes of at least 4 members (excludes halogenated alkanes) is 3. The van der Waals surface area contributed by atoms with Crippen LogP contribution in [0.15, 0.2) is 60.8 Å². The number of imidazole rings is 1. The van der Waals surface area contributed by atoms with E-state index in [1.54, 1.807) is 6.07 Å². The van der Waals surface area contributed by atoms with Crippen molar-refractivity contribution < 1.29 is 9.53 Å². The number of carbonyl (C=O) groups excluding carboxylic acids is 1. The number of nitrogens with zero attached hydrogens (tertiary/aromatic N) is 2. The molecule has 4 N–H and O–H groups in total. The van der Waals surface area contributed by atoms with Crippen molar-refractivity contribution in [2.75, 3.05) is 13.1 Å². The van der Waals surface area contributed by atoms with Crippen LogP contribution < -0.4 is 15.8 Å². The van der Waals surface area contributed by atoms with Gasteiger partial charge < -0.3 is 25.3 Å². The molecule has 0 radical (unpaired) electrons. The Bertz CT molecular complexity index is 1610. The number of nitrogens with one attached hydrogen (secondary N) is 2. The number of aromatic nitrogens is 3. The maximum atomic E-state index is 12.8. The summed E-state index contributed by atoms with van der Waals surface area (Å²) in [6, 6.07) is 19.0. The van der Waals surface area contributed by atoms with E-state index in [2.05, 4.69) is 71.4 Å². The first-order chi connectivity index (χ1) is 19.0. The smallest absolute Gasteiger partial charge is 0.300 e. The van der Waals surface area contributed by atoms with Crippen LogP contribution in [0, 0.1) is 6.92 Å². The summed E-state index contributed by atoms with van der Waals surface area (Å²) in [5, 5.41) is 4.24. The number of benzene rings is 3. The second-order valence-electron chi connectivity index (χ2n) is 10.2. The van der Waals surface area contributed by atoms with Gasteiger partial charge in [0.1, 0.15) is 5.75 Å². The maximum Gasteiger partial charge on any atom is 0.300 e. The van der Waals surface area contributed by atoms with Crippen molar-refractivity contribution in [3.05, 3.63) is 77.5 Å². The van der Waals surface area contributed by atoms with Crippen molar-refractivity contribution in [3.8, 4) is 22.9 Å². The highest BCUT2D eigenvalue weighted by atomic mass is 16.5. The zero-order valence-corrected chi connectivity index (χ0v) is 23.0. The van der Waals surface area contributed by atoms with Crippen LogP contribution in [0.4, 0.5) is 0 Å². The third kappa shape index (κ3) is 5.83. The molecule has 0 saturated carbocycles. The molecular weight excluding hydrogens is 486 g/mol. The lowest BCUT2D eigenvalue weighted by Gasteiger charge is -2.10. The van der Waals surface area contributed by atoms with Crippen LogP contribution in [-0.4, -0.2) is 33.5 Å². The third-order valence-electron chi connectivity index (χ3n) is 7.35. The molecule has 2 aromatic heterocycles. The highest BCUT2D eigenvalue weighted by Crippen LogP contribution is 2.32. The summed E-state index contributed by atoms with van der Waals surface area (Å²) < 4.78 is 8.23. The van der Waals surface area contributed by atoms with E-state index in [-0.39, 0.29) is 5.91 Å². The predicted octanol–water partition coefficient (Wildman–Crippen LogP) is 6.63. The van der Waals surface area contributed by atoms with Crippen molar-refractivity contribution in [1.82, 2.24) is 19.9 Å². The van der Waals surface area contributed by atoms with Crippen LogP contribution in [0.1, 0.15) is 54.1 Å². The Hall–Kier alpha value is -4.10. The number of nitrogens with two attached hydrogens (primary N) is 1. The largest absolute Gasteiger partial charge is 0.426 e. The minimum absolute atomic E-state index is 0.0889. The van der Waals surface area contributed by atoms with E-state index in [4.69, 9.17) is 15.5 Å². The molecule has 5 aromatic rings. The van der Waals surface area contributed by atoms with Crippen LogP contribution in [-0.2, 0) is 13.5 Å². The molecule has 7 nitrogen and oxygen atoms in total. The number of fused-ring (bicyclic) bond motifs is 2. The van der Waals surface area contributed by atoms with Crippen molar-refractivity contribution in [1.29, 1.82) is 0 Å². The molecule has 7 heteroatoms. The lowest BCUT2D eigenvalue weighted by molar-refractivity contribution is 0.0952. The van der Waals surface area contributed by atoms with Crippen LogP contribution in [0.2, 0.25) is 0 Å². The molecule has 0 bridgehead atoms. The van der Waals surface area contributed by atoms with E-state index < -0.39 is 0 Å². The third-order valence-corrected chi connectivity index (χ3v) is 7.35. The molecule has 2 heterocycles. The number of aromatic amines is 1. The van der Waals surface area contributed by atoms with Gasteiger partial charge in [-0.25, -0.2) is 0 Å². The van der Waals surface area contributed by atoms with Crippen LogP contribution in [0.25, 0.3) is 33.1 Å². The van der Waals surface area contributed by atoms with E-state index in [0.717, 1.165) is 55.2 Å². The first-order valence-electron chi connectivity index (χ1n) is 13.8. The van der Waals surface area contributed by atoms with Gasteiger partial charge in [0, 0.05) is 36.3 Å². The highest BCUT2D eigenvalue weighted by molar-refractivity contribution is 5.96. The Morgan fingerprint density at radius 3 is 2.72 bits per heavy atom. The normalized spacial score (nSPS) is 11.4. The Labute approximate surface area is 229 Å². The molecule has 0 fully saturated rings. The number of aryl methyl sites for hydroxylation is 3. The SMILES string of the molecule is CCc1cc2[nH]c(Oc3ccc(C)c(C(=O)NCCCCCCN)c3)nc2cc1-c1ccc2c(ccn2C)c1. The predicted molar refractivity (Wildman–Crippen MR) is 158 cm³/mol. The molecule has 39 heavy (non-hydrogen) atoms. The Balaban J connectivity index is 1.35. The molecule has 0 unspecified atom stereocenters. The number of amides is 1. The molecule has 202 valence electrons. The minimum Gasteiger partial charge on any atom is -0.426 e. The van der Waals surface area contributed by atoms with Gasteiger partial charge in [-0.05, 0) is 97.4 Å². The van der Waals surface area contributed by atoms with E-state index in [9.17, 15) is 4.79 Å². The van der Waals surface area contributed by atoms with E-state index in [0.29, 0.717) is 23.9 Å². The summed E-state index contributed by atoms with van der Waals surface area (Å²) in [6.45, 7) is 5.46. The van der Waals surface area contributed by atoms with Crippen molar-refractivity contribution in [2.24, 2.45) is 12.8 Å². The number of rotatable bonds is 11. The zero-order valence-electron chi connectivity index (χ0n) is 23.0. The summed E-state index contributed by atoms with van der Waals surface area (Å²) >= 11 is 0. The van der Waals surface area contributed by atoms with Crippen LogP contribution in [0.5, 0.6) is 11.8 Å². The number of hydrogen-bond donors (Lipinski definition) is 3. The molecule has 1 amide bonds. The van der Waals surface area contributed by atoms with Crippen LogP contribution >= 0.6 is 0 Å². The maximum absolute atomic E-state index is 12.8. The average molecular weight is 524 g/mol. The first-order valence-corrected chi connectivity index (χ1v) is 13.8. The zero-order chi connectivity index (χ0) is 27.4. The Kier molecular flexibility index (Phi) is 7.98. The second kappa shape index (κ2) is 11.7. The molecule has 5 rings (SSSR count). The van der Waals surface area contributed by atoms with Gasteiger partial charge in [0.25, 0.3) is 11.9 Å². The molecule has 0 atom stereocenters. The molecule has 3 aromatic carbocycles. The van der Waals surface area contributed by atoms with Gasteiger partial charge in [-0.15, -0.1) is 0 Å². The van der Waals surface area contributed by atoms with Gasteiger partial charge in [-0.3, -0.25) is 4.79 Å². The fourth-order valence-electron chi connectivity index (χ4n) is 5.08. The monoisotopic (exact) mass is 523 g/mol. The van der Waals surface area contributed by atoms with Crippen molar-refractivity contribution in [2.45, 2.75) is 46.0 Å². The Morgan fingerprint density at radius 2 is 1.90 bits per heavy atom. The lowest BCUT2D eigenvalue weighted by Crippen LogP contribution is -2.25. The molecule has 0 aliphatic carbocycles. The van der Waals surface area contributed by atoms with Crippen molar-refractivity contribution in [3.63, 3.8) is 0 Å². The van der Waals surface area contributed by atoms with E-state index >= 15 is 0 Å². The standard InChI is InChI=1S/C32H37N5O2/c1-4-22-18-28-29(20-27(22)23-10-12-30-24(17-23)13-16-37(30)3)36-32(35-28)39-25-11-9-21(2)26(19-25)31(38)34-15-8-6-5-7-14-33/h9-13,16-20H,4-8,14-15,33H2,1-3H3,(H,34,38)(H,35,36). The number of carbonyl (C=O) groups is 1. The van der Waals surface area contributed by atoms with Crippen LogP contribution in [0.3, 0.4) is 0 Å². The van der Waals surface area contributed by atoms with Crippen molar-refractivity contribution >= 4 is 27.8 Å². The summed E-state index contributed by atoms with van der Waals surface area (Å²) in [4.78, 5) is 20.8. The quantitative estimate of drug-likeness (QED) is 0.169. The number of ether oxygens (including phenoxy) is 1. The van der Waals surface area contributed by atoms with Gasteiger partial charge in [0.05, 0.1) is 11.0 Å². The van der Waals surface area contributed by atoms with Gasteiger partial charge in [0.2, 0.25) is 0 Å². The summed E-state index contributed by atoms with van der Waals surface area (Å²) in [5.74, 6) is 0.479. The summed E-state index contributed by atoms with van der Waals surface area (Å²) in [6.07, 6.45) is 7.11. The van der Waals surface area contributed by atoms with Gasteiger partial charge in [-0.2, -0.15) is 4.98 Å². The lowest BCUT2D eigenvalue weighted by atomic mass is 9.96. The molecule has 0 aliphatic rings. The molecule has 0 aliphatic heterocycles. The summed E-state index contributed by atoms with van der Waals surface area (Å²) in [5.41, 5.74) is 13.6.